The SMILES string of the molecule is CCc1c(C)nc2ncnn2c1N1CC[NH+](C(c2ccccc2)c2ccccc2)CC1. The molecule has 0 unspecified atom stereocenters. The summed E-state index contributed by atoms with van der Waals surface area (Å²) in [6.07, 6.45) is 2.54. The number of aryl methyl sites for hydroxylation is 1. The smallest absolute Gasteiger partial charge is 0.254 e. The lowest BCUT2D eigenvalue weighted by molar-refractivity contribution is -0.926. The highest BCUT2D eigenvalue weighted by atomic mass is 15.4. The Morgan fingerprint density at radius 1 is 0.935 bits per heavy atom. The van der Waals surface area contributed by atoms with Crippen LogP contribution in [-0.4, -0.2) is 45.8 Å². The number of quaternary nitrogens is 1. The summed E-state index contributed by atoms with van der Waals surface area (Å²) in [5.41, 5.74) is 5.08. The molecule has 0 amide bonds. The molecule has 2 aromatic heterocycles. The zero-order valence-electron chi connectivity index (χ0n) is 18.2. The lowest BCUT2D eigenvalue weighted by Crippen LogP contribution is -3.15. The van der Waals surface area contributed by atoms with Gasteiger partial charge in [-0.15, -0.1) is 0 Å². The topological polar surface area (TPSA) is 50.8 Å². The van der Waals surface area contributed by atoms with Crippen LogP contribution in [0, 0.1) is 6.92 Å². The van der Waals surface area contributed by atoms with Gasteiger partial charge in [-0.25, -0.2) is 4.98 Å². The van der Waals surface area contributed by atoms with Gasteiger partial charge in [0.1, 0.15) is 18.2 Å². The minimum absolute atomic E-state index is 0.348. The van der Waals surface area contributed by atoms with Crippen LogP contribution in [0.15, 0.2) is 67.0 Å². The molecule has 6 heteroatoms. The van der Waals surface area contributed by atoms with E-state index >= 15 is 0 Å². The van der Waals surface area contributed by atoms with Gasteiger partial charge in [0.05, 0.1) is 26.2 Å². The van der Waals surface area contributed by atoms with E-state index in [0.29, 0.717) is 11.8 Å². The van der Waals surface area contributed by atoms with E-state index in [0.717, 1.165) is 44.1 Å². The second kappa shape index (κ2) is 8.47. The van der Waals surface area contributed by atoms with Gasteiger partial charge in [0.15, 0.2) is 0 Å². The van der Waals surface area contributed by atoms with Crippen molar-refractivity contribution < 1.29 is 4.90 Å². The van der Waals surface area contributed by atoms with Crippen molar-refractivity contribution in [3.8, 4) is 0 Å². The highest BCUT2D eigenvalue weighted by Crippen LogP contribution is 2.25. The first-order chi connectivity index (χ1) is 15.3. The highest BCUT2D eigenvalue weighted by Gasteiger charge is 2.31. The first kappa shape index (κ1) is 19.7. The summed E-state index contributed by atoms with van der Waals surface area (Å²) in [6.45, 7) is 8.37. The van der Waals surface area contributed by atoms with Crippen LogP contribution in [0.25, 0.3) is 5.78 Å². The number of piperazine rings is 1. The van der Waals surface area contributed by atoms with Crippen molar-refractivity contribution in [1.82, 2.24) is 19.6 Å². The van der Waals surface area contributed by atoms with Crippen molar-refractivity contribution >= 4 is 11.6 Å². The number of anilines is 1. The molecule has 0 radical (unpaired) electrons. The summed E-state index contributed by atoms with van der Waals surface area (Å²) in [7, 11) is 0. The fourth-order valence-electron chi connectivity index (χ4n) is 4.96. The number of benzene rings is 2. The molecular weight excluding hydrogens is 384 g/mol. The maximum Gasteiger partial charge on any atom is 0.254 e. The van der Waals surface area contributed by atoms with Gasteiger partial charge in [-0.1, -0.05) is 67.6 Å². The number of hydrogen-bond donors (Lipinski definition) is 1. The van der Waals surface area contributed by atoms with Gasteiger partial charge < -0.3 is 9.80 Å². The zero-order valence-corrected chi connectivity index (χ0v) is 18.2. The number of hydrogen-bond acceptors (Lipinski definition) is 4. The first-order valence-electron chi connectivity index (χ1n) is 11.1. The van der Waals surface area contributed by atoms with E-state index in [1.807, 2.05) is 4.52 Å². The highest BCUT2D eigenvalue weighted by molar-refractivity contribution is 5.54. The van der Waals surface area contributed by atoms with E-state index < -0.39 is 0 Å². The lowest BCUT2D eigenvalue weighted by atomic mass is 9.96. The van der Waals surface area contributed by atoms with Gasteiger partial charge >= 0.3 is 0 Å². The van der Waals surface area contributed by atoms with Crippen LogP contribution in [0.5, 0.6) is 0 Å². The standard InChI is InChI=1S/C25H28N6/c1-3-22-19(2)28-25-26-18-27-31(25)24(22)30-16-14-29(15-17-30)23(20-10-6-4-7-11-20)21-12-8-5-9-13-21/h4-13,18,23H,3,14-17H2,1-2H3/p+1. The molecule has 158 valence electrons. The van der Waals surface area contributed by atoms with Crippen molar-refractivity contribution in [1.29, 1.82) is 0 Å². The van der Waals surface area contributed by atoms with Crippen LogP contribution in [0.2, 0.25) is 0 Å². The molecule has 1 aliphatic heterocycles. The third kappa shape index (κ3) is 3.68. The first-order valence-corrected chi connectivity index (χ1v) is 11.1. The molecule has 1 fully saturated rings. The normalized spacial score (nSPS) is 15.1. The number of nitrogens with zero attached hydrogens (tertiary/aromatic N) is 5. The van der Waals surface area contributed by atoms with Crippen molar-refractivity contribution in [2.75, 3.05) is 31.1 Å². The van der Waals surface area contributed by atoms with Crippen molar-refractivity contribution in [3.05, 3.63) is 89.4 Å². The average Bonchev–Trinajstić information content (AvgIpc) is 3.28. The van der Waals surface area contributed by atoms with Crippen molar-refractivity contribution in [3.63, 3.8) is 0 Å². The van der Waals surface area contributed by atoms with E-state index in [1.54, 1.807) is 11.2 Å². The maximum absolute atomic E-state index is 4.64. The van der Waals surface area contributed by atoms with Gasteiger partial charge in [0.2, 0.25) is 0 Å². The molecule has 31 heavy (non-hydrogen) atoms. The van der Waals surface area contributed by atoms with Crippen LogP contribution < -0.4 is 9.80 Å². The predicted molar refractivity (Wildman–Crippen MR) is 123 cm³/mol. The molecule has 6 nitrogen and oxygen atoms in total. The van der Waals surface area contributed by atoms with Crippen LogP contribution in [0.3, 0.4) is 0 Å². The van der Waals surface area contributed by atoms with Gasteiger partial charge in [-0.3, -0.25) is 0 Å². The fraction of sp³-hybridized carbons (Fsp3) is 0.320. The molecule has 5 rings (SSSR count). The Labute approximate surface area is 183 Å². The minimum Gasteiger partial charge on any atom is -0.345 e. The Hall–Kier alpha value is -3.25. The quantitative estimate of drug-likeness (QED) is 0.546. The molecule has 2 aromatic carbocycles. The largest absolute Gasteiger partial charge is 0.345 e. The summed E-state index contributed by atoms with van der Waals surface area (Å²) in [6, 6.07) is 22.2. The van der Waals surface area contributed by atoms with Gasteiger partial charge in [0.25, 0.3) is 5.78 Å². The van der Waals surface area contributed by atoms with Crippen molar-refractivity contribution in [2.24, 2.45) is 0 Å². The molecule has 0 aliphatic carbocycles. The molecule has 0 bridgehead atoms. The summed E-state index contributed by atoms with van der Waals surface area (Å²) in [5.74, 6) is 1.85. The summed E-state index contributed by atoms with van der Waals surface area (Å²) < 4.78 is 1.92. The molecular formula is C25H29N6+. The molecule has 4 aromatic rings. The van der Waals surface area contributed by atoms with Crippen LogP contribution in [0.4, 0.5) is 5.82 Å². The van der Waals surface area contributed by atoms with Crippen LogP contribution in [-0.2, 0) is 6.42 Å². The second-order valence-electron chi connectivity index (χ2n) is 8.22. The van der Waals surface area contributed by atoms with Gasteiger partial charge in [0, 0.05) is 22.4 Å². The van der Waals surface area contributed by atoms with Crippen LogP contribution >= 0.6 is 0 Å². The molecule has 1 aliphatic rings. The van der Waals surface area contributed by atoms with Gasteiger partial charge in [-0.05, 0) is 13.3 Å². The van der Waals surface area contributed by atoms with E-state index in [1.165, 1.54) is 16.7 Å². The Kier molecular flexibility index (Phi) is 5.38. The average molecular weight is 414 g/mol. The Bertz CT molecular complexity index is 1110. The predicted octanol–water partition coefficient (Wildman–Crippen LogP) is 2.49. The second-order valence-corrected chi connectivity index (χ2v) is 8.22. The number of fused-ring (bicyclic) bond motifs is 1. The third-order valence-electron chi connectivity index (χ3n) is 6.44. The molecule has 0 saturated carbocycles. The number of rotatable bonds is 5. The Balaban J connectivity index is 1.45. The third-order valence-corrected chi connectivity index (χ3v) is 6.44. The monoisotopic (exact) mass is 413 g/mol. The Morgan fingerprint density at radius 2 is 1.55 bits per heavy atom. The Morgan fingerprint density at radius 3 is 2.13 bits per heavy atom. The van der Waals surface area contributed by atoms with Crippen LogP contribution in [0.1, 0.15) is 35.3 Å². The molecule has 1 N–H and O–H groups in total. The maximum atomic E-state index is 4.64. The van der Waals surface area contributed by atoms with E-state index in [-0.39, 0.29) is 0 Å². The summed E-state index contributed by atoms with van der Waals surface area (Å²) >= 11 is 0. The van der Waals surface area contributed by atoms with Crippen molar-refractivity contribution in [2.45, 2.75) is 26.3 Å². The van der Waals surface area contributed by atoms with E-state index in [4.69, 9.17) is 0 Å². The lowest BCUT2D eigenvalue weighted by Gasteiger charge is -2.38. The molecule has 0 atom stereocenters. The summed E-state index contributed by atoms with van der Waals surface area (Å²) in [5, 5.41) is 4.49. The zero-order chi connectivity index (χ0) is 21.2. The minimum atomic E-state index is 0.348. The van der Waals surface area contributed by atoms with E-state index in [9.17, 15) is 0 Å². The molecule has 0 spiro atoms. The van der Waals surface area contributed by atoms with E-state index in [2.05, 4.69) is 94.5 Å². The number of aromatic nitrogens is 4. The van der Waals surface area contributed by atoms with Gasteiger partial charge in [-0.2, -0.15) is 14.6 Å². The summed E-state index contributed by atoms with van der Waals surface area (Å²) in [4.78, 5) is 13.1. The fourth-order valence-corrected chi connectivity index (χ4v) is 4.96. The molecule has 3 heterocycles. The molecule has 1 saturated heterocycles. The number of nitrogens with one attached hydrogen (secondary N) is 1.